The molecule has 0 unspecified atom stereocenters. The van der Waals surface area contributed by atoms with E-state index >= 15 is 0 Å². The van der Waals surface area contributed by atoms with Crippen LogP contribution in [0.15, 0.2) is 38.9 Å². The summed E-state index contributed by atoms with van der Waals surface area (Å²) < 4.78 is 5.46. The summed E-state index contributed by atoms with van der Waals surface area (Å²) >= 11 is 1.35. The van der Waals surface area contributed by atoms with Crippen molar-refractivity contribution in [1.82, 2.24) is 4.98 Å². The number of hydrogen-bond donors (Lipinski definition) is 1. The predicted molar refractivity (Wildman–Crippen MR) is 96.8 cm³/mol. The fraction of sp³-hybridized carbons (Fsp3) is 0.278. The van der Waals surface area contributed by atoms with Gasteiger partial charge in [-0.1, -0.05) is 6.92 Å². The molecule has 1 aromatic carbocycles. The van der Waals surface area contributed by atoms with E-state index < -0.39 is 5.63 Å². The third kappa shape index (κ3) is 3.54. The van der Waals surface area contributed by atoms with Crippen LogP contribution < -0.4 is 10.9 Å². The summed E-state index contributed by atoms with van der Waals surface area (Å²) in [6.07, 6.45) is 1.30. The van der Waals surface area contributed by atoms with Crippen molar-refractivity contribution in [3.05, 3.63) is 45.8 Å². The molecule has 0 atom stereocenters. The van der Waals surface area contributed by atoms with Crippen molar-refractivity contribution in [2.24, 2.45) is 0 Å². The van der Waals surface area contributed by atoms with E-state index in [1.165, 1.54) is 18.3 Å². The first-order chi connectivity index (χ1) is 11.6. The van der Waals surface area contributed by atoms with E-state index in [-0.39, 0.29) is 12.2 Å². The Labute approximate surface area is 143 Å². The quantitative estimate of drug-likeness (QED) is 0.689. The Hall–Kier alpha value is -2.47. The van der Waals surface area contributed by atoms with Gasteiger partial charge in [0.05, 0.1) is 11.3 Å². The van der Waals surface area contributed by atoms with Gasteiger partial charge in [0, 0.05) is 35.5 Å². The van der Waals surface area contributed by atoms with Crippen LogP contribution in [-0.2, 0) is 11.2 Å². The van der Waals surface area contributed by atoms with Gasteiger partial charge in [0.25, 0.3) is 0 Å². The highest BCUT2D eigenvalue weighted by molar-refractivity contribution is 7.13. The van der Waals surface area contributed by atoms with E-state index in [9.17, 15) is 9.59 Å². The molecule has 3 rings (SSSR count). The number of anilines is 1. The van der Waals surface area contributed by atoms with Gasteiger partial charge in [-0.15, -0.1) is 11.3 Å². The number of carbonyl (C=O) groups is 1. The summed E-state index contributed by atoms with van der Waals surface area (Å²) in [6.45, 7) is 4.48. The Kier molecular flexibility index (Phi) is 4.76. The van der Waals surface area contributed by atoms with Crippen LogP contribution in [0.25, 0.3) is 21.5 Å². The van der Waals surface area contributed by atoms with Crippen LogP contribution in [0.4, 0.5) is 5.69 Å². The molecule has 0 aliphatic heterocycles. The van der Waals surface area contributed by atoms with Crippen LogP contribution in [0.3, 0.4) is 0 Å². The highest BCUT2D eigenvalue weighted by atomic mass is 32.1. The number of aromatic nitrogens is 1. The molecule has 1 N–H and O–H groups in total. The molecular formula is C18H18N2O3S. The van der Waals surface area contributed by atoms with Crippen molar-refractivity contribution in [2.45, 2.75) is 26.7 Å². The first-order valence-electron chi connectivity index (χ1n) is 7.83. The molecule has 3 aromatic rings. The summed E-state index contributed by atoms with van der Waals surface area (Å²) in [6, 6.07) is 7.51. The number of ketones is 1. The summed E-state index contributed by atoms with van der Waals surface area (Å²) in [4.78, 5) is 27.9. The van der Waals surface area contributed by atoms with E-state index in [0.29, 0.717) is 21.8 Å². The number of Topliss-reactive ketones (excluding diaryl/α,β-unsaturated/α-hetero) is 1. The number of fused-ring (bicyclic) bond motifs is 1. The van der Waals surface area contributed by atoms with Crippen molar-refractivity contribution in [3.63, 3.8) is 0 Å². The molecule has 124 valence electrons. The van der Waals surface area contributed by atoms with Crippen molar-refractivity contribution in [3.8, 4) is 10.6 Å². The molecule has 2 aromatic heterocycles. The predicted octanol–water partition coefficient (Wildman–Crippen LogP) is 3.87. The van der Waals surface area contributed by atoms with Gasteiger partial charge in [-0.25, -0.2) is 9.78 Å². The maximum Gasteiger partial charge on any atom is 0.346 e. The molecule has 0 saturated carbocycles. The zero-order chi connectivity index (χ0) is 17.1. The summed E-state index contributed by atoms with van der Waals surface area (Å²) in [5.41, 5.74) is 2.17. The molecule has 0 fully saturated rings. The second kappa shape index (κ2) is 6.97. The molecule has 0 spiro atoms. The standard InChI is InChI=1S/C18H18N2O3S/c1-3-6-19-13-5-4-12-8-15(18(22)23-16(12)9-13)17-20-14(10-24-17)7-11(2)21/h4-5,8-10,19H,3,6-7H2,1-2H3. The topological polar surface area (TPSA) is 72.2 Å². The van der Waals surface area contributed by atoms with Crippen LogP contribution >= 0.6 is 11.3 Å². The molecule has 5 nitrogen and oxygen atoms in total. The third-order valence-corrected chi connectivity index (χ3v) is 4.45. The Bertz CT molecular complexity index is 943. The number of thiazole rings is 1. The lowest BCUT2D eigenvalue weighted by molar-refractivity contribution is -0.116. The van der Waals surface area contributed by atoms with E-state index in [4.69, 9.17) is 4.42 Å². The molecular weight excluding hydrogens is 324 g/mol. The summed E-state index contributed by atoms with van der Waals surface area (Å²) in [5.74, 6) is 0.0458. The SMILES string of the molecule is CCCNc1ccc2cc(-c3nc(CC(C)=O)cs3)c(=O)oc2c1. The molecule has 0 aliphatic carbocycles. The molecule has 24 heavy (non-hydrogen) atoms. The minimum Gasteiger partial charge on any atom is -0.422 e. The fourth-order valence-corrected chi connectivity index (χ4v) is 3.23. The highest BCUT2D eigenvalue weighted by Gasteiger charge is 2.13. The minimum absolute atomic E-state index is 0.0458. The fourth-order valence-electron chi connectivity index (χ4n) is 2.41. The van der Waals surface area contributed by atoms with Gasteiger partial charge in [0.2, 0.25) is 0 Å². The van der Waals surface area contributed by atoms with Gasteiger partial charge >= 0.3 is 5.63 Å². The Morgan fingerprint density at radius 2 is 2.17 bits per heavy atom. The second-order valence-corrected chi connectivity index (χ2v) is 6.51. The number of carbonyl (C=O) groups excluding carboxylic acids is 1. The number of rotatable bonds is 6. The second-order valence-electron chi connectivity index (χ2n) is 5.65. The number of nitrogens with one attached hydrogen (secondary N) is 1. The monoisotopic (exact) mass is 342 g/mol. The van der Waals surface area contributed by atoms with Gasteiger partial charge in [0.15, 0.2) is 0 Å². The zero-order valence-electron chi connectivity index (χ0n) is 13.6. The largest absolute Gasteiger partial charge is 0.422 e. The van der Waals surface area contributed by atoms with Crippen LogP contribution in [0.1, 0.15) is 26.0 Å². The smallest absolute Gasteiger partial charge is 0.346 e. The van der Waals surface area contributed by atoms with Crippen LogP contribution in [0.2, 0.25) is 0 Å². The van der Waals surface area contributed by atoms with Gasteiger partial charge < -0.3 is 9.73 Å². The van der Waals surface area contributed by atoms with E-state index in [2.05, 4.69) is 17.2 Å². The lowest BCUT2D eigenvalue weighted by Crippen LogP contribution is -2.04. The normalized spacial score (nSPS) is 10.9. The minimum atomic E-state index is -0.418. The molecule has 0 aliphatic rings. The Morgan fingerprint density at radius 1 is 1.33 bits per heavy atom. The van der Waals surface area contributed by atoms with Crippen molar-refractivity contribution < 1.29 is 9.21 Å². The summed E-state index contributed by atoms with van der Waals surface area (Å²) in [5, 5.41) is 6.49. The van der Waals surface area contributed by atoms with E-state index in [1.807, 2.05) is 18.2 Å². The maximum absolute atomic E-state index is 12.3. The third-order valence-electron chi connectivity index (χ3n) is 3.53. The molecule has 0 bridgehead atoms. The number of benzene rings is 1. The van der Waals surface area contributed by atoms with Gasteiger partial charge in [-0.05, 0) is 31.5 Å². The lowest BCUT2D eigenvalue weighted by Gasteiger charge is -2.06. The first-order valence-corrected chi connectivity index (χ1v) is 8.71. The Morgan fingerprint density at radius 3 is 2.92 bits per heavy atom. The zero-order valence-corrected chi connectivity index (χ0v) is 14.4. The van der Waals surface area contributed by atoms with E-state index in [1.54, 1.807) is 11.4 Å². The van der Waals surface area contributed by atoms with Gasteiger partial charge in [0.1, 0.15) is 16.4 Å². The van der Waals surface area contributed by atoms with Crippen molar-refractivity contribution >= 4 is 33.8 Å². The average Bonchev–Trinajstić information content (AvgIpc) is 2.99. The van der Waals surface area contributed by atoms with Gasteiger partial charge in [-0.3, -0.25) is 4.79 Å². The Balaban J connectivity index is 1.97. The molecule has 0 saturated heterocycles. The van der Waals surface area contributed by atoms with Crippen molar-refractivity contribution in [2.75, 3.05) is 11.9 Å². The first kappa shape index (κ1) is 16.4. The molecule has 6 heteroatoms. The summed E-state index contributed by atoms with van der Waals surface area (Å²) in [7, 11) is 0. The molecule has 2 heterocycles. The maximum atomic E-state index is 12.3. The van der Waals surface area contributed by atoms with E-state index in [0.717, 1.165) is 24.0 Å². The highest BCUT2D eigenvalue weighted by Crippen LogP contribution is 2.26. The molecule has 0 radical (unpaired) electrons. The van der Waals surface area contributed by atoms with Crippen LogP contribution in [0, 0.1) is 0 Å². The van der Waals surface area contributed by atoms with Crippen LogP contribution in [0.5, 0.6) is 0 Å². The molecule has 0 amide bonds. The number of nitrogens with zero attached hydrogens (tertiary/aromatic N) is 1. The van der Waals surface area contributed by atoms with Crippen LogP contribution in [-0.4, -0.2) is 17.3 Å². The average molecular weight is 342 g/mol. The lowest BCUT2D eigenvalue weighted by atomic mass is 10.1. The van der Waals surface area contributed by atoms with Gasteiger partial charge in [-0.2, -0.15) is 0 Å². The van der Waals surface area contributed by atoms with Crippen molar-refractivity contribution in [1.29, 1.82) is 0 Å². The number of hydrogen-bond acceptors (Lipinski definition) is 6.